The Hall–Kier alpha value is -1.36. The molecule has 5 heteroatoms. The van der Waals surface area contributed by atoms with E-state index < -0.39 is 5.41 Å². The maximum Gasteiger partial charge on any atom is 0.240 e. The maximum absolute atomic E-state index is 12.4. The summed E-state index contributed by atoms with van der Waals surface area (Å²) in [5.41, 5.74) is 0.924. The molecule has 0 bridgehead atoms. The SMILES string of the molecule is CCCCNC(=O)C1(C(=O)Nc2ccc(Br)c(C)c2)CC1. The average molecular weight is 353 g/mol. The monoisotopic (exact) mass is 352 g/mol. The van der Waals surface area contributed by atoms with Gasteiger partial charge < -0.3 is 10.6 Å². The zero-order chi connectivity index (χ0) is 15.5. The Morgan fingerprint density at radius 2 is 2.00 bits per heavy atom. The van der Waals surface area contributed by atoms with Crippen molar-refractivity contribution in [2.75, 3.05) is 11.9 Å². The van der Waals surface area contributed by atoms with Crippen LogP contribution < -0.4 is 10.6 Å². The summed E-state index contributed by atoms with van der Waals surface area (Å²) >= 11 is 3.43. The van der Waals surface area contributed by atoms with Gasteiger partial charge in [-0.05, 0) is 49.9 Å². The number of hydrogen-bond acceptors (Lipinski definition) is 2. The van der Waals surface area contributed by atoms with Crippen molar-refractivity contribution >= 4 is 33.4 Å². The maximum atomic E-state index is 12.4. The van der Waals surface area contributed by atoms with Crippen molar-refractivity contribution in [3.8, 4) is 0 Å². The molecule has 2 amide bonds. The van der Waals surface area contributed by atoms with E-state index in [0.29, 0.717) is 19.4 Å². The van der Waals surface area contributed by atoms with Crippen molar-refractivity contribution in [2.45, 2.75) is 39.5 Å². The van der Waals surface area contributed by atoms with E-state index >= 15 is 0 Å². The van der Waals surface area contributed by atoms with Crippen LogP contribution in [0.3, 0.4) is 0 Å². The van der Waals surface area contributed by atoms with Crippen molar-refractivity contribution in [1.82, 2.24) is 5.32 Å². The molecule has 2 rings (SSSR count). The molecule has 0 radical (unpaired) electrons. The third-order valence-electron chi connectivity index (χ3n) is 3.85. The minimum Gasteiger partial charge on any atom is -0.355 e. The molecular formula is C16H21BrN2O2. The number of hydrogen-bond donors (Lipinski definition) is 2. The van der Waals surface area contributed by atoms with Crippen LogP contribution in [0.4, 0.5) is 5.69 Å². The highest BCUT2D eigenvalue weighted by Gasteiger charge is 2.56. The molecular weight excluding hydrogens is 332 g/mol. The van der Waals surface area contributed by atoms with Crippen molar-refractivity contribution in [2.24, 2.45) is 5.41 Å². The van der Waals surface area contributed by atoms with Crippen LogP contribution in [-0.4, -0.2) is 18.4 Å². The van der Waals surface area contributed by atoms with Crippen molar-refractivity contribution < 1.29 is 9.59 Å². The molecule has 21 heavy (non-hydrogen) atoms. The third-order valence-corrected chi connectivity index (χ3v) is 4.74. The minimum absolute atomic E-state index is 0.137. The minimum atomic E-state index is -0.852. The molecule has 0 heterocycles. The molecule has 4 nitrogen and oxygen atoms in total. The molecule has 114 valence electrons. The van der Waals surface area contributed by atoms with E-state index in [-0.39, 0.29) is 11.8 Å². The van der Waals surface area contributed by atoms with Gasteiger partial charge in [0.1, 0.15) is 5.41 Å². The lowest BCUT2D eigenvalue weighted by Gasteiger charge is -2.15. The molecule has 0 aliphatic heterocycles. The van der Waals surface area contributed by atoms with Crippen molar-refractivity contribution in [3.63, 3.8) is 0 Å². The lowest BCUT2D eigenvalue weighted by atomic mass is 10.0. The highest BCUT2D eigenvalue weighted by molar-refractivity contribution is 9.10. The van der Waals surface area contributed by atoms with Gasteiger partial charge >= 0.3 is 0 Å². The predicted octanol–water partition coefficient (Wildman–Crippen LogP) is 3.39. The zero-order valence-corrected chi connectivity index (χ0v) is 14.0. The highest BCUT2D eigenvalue weighted by Crippen LogP contribution is 2.46. The summed E-state index contributed by atoms with van der Waals surface area (Å²) in [5, 5.41) is 5.73. The van der Waals surface area contributed by atoms with Crippen LogP contribution in [0.1, 0.15) is 38.2 Å². The first-order chi connectivity index (χ1) is 9.99. The normalized spacial score (nSPS) is 15.4. The summed E-state index contributed by atoms with van der Waals surface area (Å²) in [7, 11) is 0. The van der Waals surface area contributed by atoms with E-state index in [1.165, 1.54) is 0 Å². The molecule has 1 aromatic rings. The molecule has 0 spiro atoms. The van der Waals surface area contributed by atoms with E-state index in [1.807, 2.05) is 25.1 Å². The molecule has 0 unspecified atom stereocenters. The van der Waals surface area contributed by atoms with Crippen LogP contribution in [-0.2, 0) is 9.59 Å². The third kappa shape index (κ3) is 3.64. The van der Waals surface area contributed by atoms with Gasteiger partial charge in [-0.25, -0.2) is 0 Å². The Balaban J connectivity index is 1.99. The fourth-order valence-corrected chi connectivity index (χ4v) is 2.45. The number of nitrogens with one attached hydrogen (secondary N) is 2. The molecule has 1 fully saturated rings. The molecule has 0 saturated heterocycles. The molecule has 1 aliphatic rings. The Bertz CT molecular complexity index is 553. The van der Waals surface area contributed by atoms with E-state index in [1.54, 1.807) is 0 Å². The summed E-state index contributed by atoms with van der Waals surface area (Å²) in [6.07, 6.45) is 3.23. The number of amides is 2. The summed E-state index contributed by atoms with van der Waals surface area (Å²) in [6, 6.07) is 5.62. The van der Waals surface area contributed by atoms with Crippen molar-refractivity contribution in [1.29, 1.82) is 0 Å². The van der Waals surface area contributed by atoms with Gasteiger partial charge in [-0.15, -0.1) is 0 Å². The largest absolute Gasteiger partial charge is 0.355 e. The molecule has 1 aromatic carbocycles. The number of anilines is 1. The number of aryl methyl sites for hydroxylation is 1. The summed E-state index contributed by atoms with van der Waals surface area (Å²) in [5.74, 6) is -0.333. The Morgan fingerprint density at radius 1 is 1.29 bits per heavy atom. The van der Waals surface area contributed by atoms with Gasteiger partial charge in [-0.3, -0.25) is 9.59 Å². The topological polar surface area (TPSA) is 58.2 Å². The second-order valence-electron chi connectivity index (χ2n) is 5.61. The van der Waals surface area contributed by atoms with Crippen LogP contribution in [0.15, 0.2) is 22.7 Å². The van der Waals surface area contributed by atoms with E-state index in [9.17, 15) is 9.59 Å². The van der Waals surface area contributed by atoms with Gasteiger partial charge in [0, 0.05) is 16.7 Å². The zero-order valence-electron chi connectivity index (χ0n) is 12.5. The molecule has 0 aromatic heterocycles. The number of halogens is 1. The Morgan fingerprint density at radius 3 is 2.57 bits per heavy atom. The van der Waals surface area contributed by atoms with Crippen LogP contribution in [0.5, 0.6) is 0 Å². The van der Waals surface area contributed by atoms with Crippen LogP contribution in [0.2, 0.25) is 0 Å². The van der Waals surface area contributed by atoms with E-state index in [0.717, 1.165) is 28.6 Å². The number of unbranched alkanes of at least 4 members (excludes halogenated alkanes) is 1. The number of carbonyl (C=O) groups excluding carboxylic acids is 2. The summed E-state index contributed by atoms with van der Waals surface area (Å²) in [4.78, 5) is 24.6. The average Bonchev–Trinajstić information content (AvgIpc) is 3.25. The Labute approximate surface area is 133 Å². The van der Waals surface area contributed by atoms with Gasteiger partial charge in [0.15, 0.2) is 0 Å². The standard InChI is InChI=1S/C16H21BrN2O2/c1-3-4-9-18-14(20)16(7-8-16)15(21)19-12-5-6-13(17)11(2)10-12/h5-6,10H,3-4,7-9H2,1-2H3,(H,18,20)(H,19,21). The summed E-state index contributed by atoms with van der Waals surface area (Å²) in [6.45, 7) is 4.67. The van der Waals surface area contributed by atoms with Gasteiger partial charge in [0.2, 0.25) is 11.8 Å². The quantitative estimate of drug-likeness (QED) is 0.608. The number of rotatable bonds is 6. The second-order valence-corrected chi connectivity index (χ2v) is 6.46. The number of carbonyl (C=O) groups is 2. The predicted molar refractivity (Wildman–Crippen MR) is 87.1 cm³/mol. The van der Waals surface area contributed by atoms with Gasteiger partial charge in [-0.2, -0.15) is 0 Å². The van der Waals surface area contributed by atoms with Crippen molar-refractivity contribution in [3.05, 3.63) is 28.2 Å². The fraction of sp³-hybridized carbons (Fsp3) is 0.500. The van der Waals surface area contributed by atoms with Crippen LogP contribution in [0, 0.1) is 12.3 Å². The van der Waals surface area contributed by atoms with E-state index in [2.05, 4.69) is 33.5 Å². The first kappa shape index (κ1) is 16.0. The van der Waals surface area contributed by atoms with Gasteiger partial charge in [-0.1, -0.05) is 29.3 Å². The van der Waals surface area contributed by atoms with Crippen LogP contribution in [0.25, 0.3) is 0 Å². The molecule has 2 N–H and O–H groups in total. The smallest absolute Gasteiger partial charge is 0.240 e. The fourth-order valence-electron chi connectivity index (χ4n) is 2.20. The van der Waals surface area contributed by atoms with Crippen LogP contribution >= 0.6 is 15.9 Å². The van der Waals surface area contributed by atoms with E-state index in [4.69, 9.17) is 0 Å². The summed E-state index contributed by atoms with van der Waals surface area (Å²) < 4.78 is 0.999. The molecule has 0 atom stereocenters. The Kier molecular flexibility index (Phi) is 5.04. The van der Waals surface area contributed by atoms with Gasteiger partial charge in [0.25, 0.3) is 0 Å². The second kappa shape index (κ2) is 6.60. The highest BCUT2D eigenvalue weighted by atomic mass is 79.9. The molecule has 1 aliphatic carbocycles. The molecule has 1 saturated carbocycles. The lowest BCUT2D eigenvalue weighted by molar-refractivity contribution is -0.134. The first-order valence-electron chi connectivity index (χ1n) is 7.35. The van der Waals surface area contributed by atoms with Gasteiger partial charge in [0.05, 0.1) is 0 Å². The lowest BCUT2D eigenvalue weighted by Crippen LogP contribution is -2.40. The number of benzene rings is 1. The first-order valence-corrected chi connectivity index (χ1v) is 8.15.